The summed E-state index contributed by atoms with van der Waals surface area (Å²) in [4.78, 5) is 4.60. The maximum Gasteiger partial charge on any atom is 0.161 e. The highest BCUT2D eigenvalue weighted by Crippen LogP contribution is 2.28. The topological polar surface area (TPSA) is 24.4 Å². The molecule has 2 aromatic rings. The standard InChI is InChI=1S/C15H13ClN2S/c16-13-7-3-1-5-11(13)9-17-15-18-14-8-4-2-6-12(14)10-19-15/h1-8H,9-10H2,(H,17,18). The van der Waals surface area contributed by atoms with Crippen LogP contribution in [-0.4, -0.2) is 5.17 Å². The van der Waals surface area contributed by atoms with Gasteiger partial charge in [-0.15, -0.1) is 0 Å². The third-order valence-corrected chi connectivity index (χ3v) is 4.30. The van der Waals surface area contributed by atoms with E-state index < -0.39 is 0 Å². The zero-order valence-corrected chi connectivity index (χ0v) is 11.8. The van der Waals surface area contributed by atoms with E-state index in [0.717, 1.165) is 27.2 Å². The maximum absolute atomic E-state index is 6.13. The number of thioether (sulfide) groups is 1. The average molecular weight is 289 g/mol. The zero-order chi connectivity index (χ0) is 13.1. The Labute approximate surface area is 121 Å². The molecule has 19 heavy (non-hydrogen) atoms. The lowest BCUT2D eigenvalue weighted by Crippen LogP contribution is -2.14. The molecule has 0 bridgehead atoms. The van der Waals surface area contributed by atoms with Crippen molar-refractivity contribution < 1.29 is 0 Å². The molecule has 3 rings (SSSR count). The summed E-state index contributed by atoms with van der Waals surface area (Å²) in [7, 11) is 0. The molecule has 1 aliphatic heterocycles. The quantitative estimate of drug-likeness (QED) is 0.876. The van der Waals surface area contributed by atoms with E-state index in [1.807, 2.05) is 30.3 Å². The minimum absolute atomic E-state index is 0.608. The second-order valence-corrected chi connectivity index (χ2v) is 5.65. The van der Waals surface area contributed by atoms with Gasteiger partial charge in [-0.25, -0.2) is 0 Å². The minimum atomic E-state index is 0.608. The van der Waals surface area contributed by atoms with Gasteiger partial charge in [-0.1, -0.05) is 59.8 Å². The number of fused-ring (bicyclic) bond motifs is 1. The smallest absolute Gasteiger partial charge is 0.161 e. The summed E-state index contributed by atoms with van der Waals surface area (Å²) in [6.07, 6.45) is 0. The van der Waals surface area contributed by atoms with Crippen molar-refractivity contribution >= 4 is 34.2 Å². The molecule has 1 heterocycles. The van der Waals surface area contributed by atoms with Crippen LogP contribution >= 0.6 is 23.4 Å². The van der Waals surface area contributed by atoms with Gasteiger partial charge in [-0.05, 0) is 23.3 Å². The number of aliphatic imine (C=N–C) groups is 1. The summed E-state index contributed by atoms with van der Waals surface area (Å²) in [5.41, 5.74) is 3.53. The molecular weight excluding hydrogens is 276 g/mol. The highest BCUT2D eigenvalue weighted by Gasteiger charge is 2.12. The maximum atomic E-state index is 6.13. The van der Waals surface area contributed by atoms with Crippen molar-refractivity contribution in [2.24, 2.45) is 4.99 Å². The van der Waals surface area contributed by atoms with Gasteiger partial charge in [0.25, 0.3) is 0 Å². The second-order valence-electron chi connectivity index (χ2n) is 4.28. The lowest BCUT2D eigenvalue weighted by molar-refractivity contribution is 1.07. The molecule has 2 nitrogen and oxygen atoms in total. The largest absolute Gasteiger partial charge is 0.335 e. The van der Waals surface area contributed by atoms with Crippen LogP contribution in [0.5, 0.6) is 0 Å². The first kappa shape index (κ1) is 12.6. The number of hydrogen-bond acceptors (Lipinski definition) is 2. The van der Waals surface area contributed by atoms with Gasteiger partial charge in [0.15, 0.2) is 5.17 Å². The van der Waals surface area contributed by atoms with Gasteiger partial charge >= 0.3 is 0 Å². The number of benzene rings is 2. The molecule has 0 atom stereocenters. The fourth-order valence-corrected chi connectivity index (χ4v) is 3.01. The van der Waals surface area contributed by atoms with Crippen molar-refractivity contribution in [2.75, 3.05) is 5.32 Å². The van der Waals surface area contributed by atoms with E-state index in [9.17, 15) is 0 Å². The number of nitrogens with zero attached hydrogens (tertiary/aromatic N) is 1. The molecule has 96 valence electrons. The fraction of sp³-hybridized carbons (Fsp3) is 0.133. The number of amidine groups is 1. The Hall–Kier alpha value is -1.45. The van der Waals surface area contributed by atoms with Crippen LogP contribution in [-0.2, 0) is 12.3 Å². The van der Waals surface area contributed by atoms with Gasteiger partial charge in [0, 0.05) is 16.5 Å². The molecule has 2 aromatic carbocycles. The van der Waals surface area contributed by atoms with E-state index in [2.05, 4.69) is 28.5 Å². The van der Waals surface area contributed by atoms with Gasteiger partial charge in [-0.3, -0.25) is 4.99 Å². The predicted molar refractivity (Wildman–Crippen MR) is 84.0 cm³/mol. The van der Waals surface area contributed by atoms with Crippen molar-refractivity contribution in [1.29, 1.82) is 0 Å². The first-order chi connectivity index (χ1) is 9.33. The number of anilines is 1. The summed E-state index contributed by atoms with van der Waals surface area (Å²) >= 11 is 7.85. The van der Waals surface area contributed by atoms with E-state index >= 15 is 0 Å². The molecule has 1 aliphatic rings. The SMILES string of the molecule is Clc1ccccc1CN=C1Nc2ccccc2CS1. The Bertz CT molecular complexity index is 625. The van der Waals surface area contributed by atoms with Gasteiger partial charge in [0.1, 0.15) is 0 Å². The van der Waals surface area contributed by atoms with Crippen LogP contribution in [0, 0.1) is 0 Å². The van der Waals surface area contributed by atoms with Crippen LogP contribution in [0.1, 0.15) is 11.1 Å². The summed E-state index contributed by atoms with van der Waals surface area (Å²) in [6.45, 7) is 0.608. The molecular formula is C15H13ClN2S. The van der Waals surface area contributed by atoms with Crippen LogP contribution in [0.3, 0.4) is 0 Å². The van der Waals surface area contributed by atoms with E-state index in [1.165, 1.54) is 5.56 Å². The van der Waals surface area contributed by atoms with Crippen molar-refractivity contribution in [3.63, 3.8) is 0 Å². The average Bonchev–Trinajstić information content (AvgIpc) is 2.46. The Balaban J connectivity index is 1.75. The monoisotopic (exact) mass is 288 g/mol. The Morgan fingerprint density at radius 3 is 2.79 bits per heavy atom. The van der Waals surface area contributed by atoms with Crippen LogP contribution < -0.4 is 5.32 Å². The third kappa shape index (κ3) is 2.94. The number of rotatable bonds is 2. The number of nitrogens with one attached hydrogen (secondary N) is 1. The van der Waals surface area contributed by atoms with Crippen molar-refractivity contribution in [3.8, 4) is 0 Å². The predicted octanol–water partition coefficient (Wildman–Crippen LogP) is 4.55. The first-order valence-corrected chi connectivity index (χ1v) is 7.45. The lowest BCUT2D eigenvalue weighted by atomic mass is 10.2. The van der Waals surface area contributed by atoms with Crippen LogP contribution in [0.4, 0.5) is 5.69 Å². The van der Waals surface area contributed by atoms with E-state index in [-0.39, 0.29) is 0 Å². The summed E-state index contributed by atoms with van der Waals surface area (Å²) in [5, 5.41) is 5.08. The molecule has 0 radical (unpaired) electrons. The Kier molecular flexibility index (Phi) is 3.76. The molecule has 0 aliphatic carbocycles. The van der Waals surface area contributed by atoms with Gasteiger partial charge in [-0.2, -0.15) is 0 Å². The number of hydrogen-bond donors (Lipinski definition) is 1. The van der Waals surface area contributed by atoms with Crippen molar-refractivity contribution in [2.45, 2.75) is 12.3 Å². The third-order valence-electron chi connectivity index (χ3n) is 2.97. The highest BCUT2D eigenvalue weighted by atomic mass is 35.5. The first-order valence-electron chi connectivity index (χ1n) is 6.08. The van der Waals surface area contributed by atoms with Crippen molar-refractivity contribution in [1.82, 2.24) is 0 Å². The summed E-state index contributed by atoms with van der Waals surface area (Å²) in [5.74, 6) is 0.963. The molecule has 0 fully saturated rings. The van der Waals surface area contributed by atoms with E-state index in [1.54, 1.807) is 11.8 Å². The molecule has 0 amide bonds. The molecule has 4 heteroatoms. The number of para-hydroxylation sites is 1. The van der Waals surface area contributed by atoms with Crippen molar-refractivity contribution in [3.05, 3.63) is 64.7 Å². The molecule has 0 unspecified atom stereocenters. The zero-order valence-electron chi connectivity index (χ0n) is 10.3. The van der Waals surface area contributed by atoms with Gasteiger partial charge in [0.2, 0.25) is 0 Å². The summed E-state index contributed by atoms with van der Waals surface area (Å²) in [6, 6.07) is 16.1. The van der Waals surface area contributed by atoms with Crippen LogP contribution in [0.2, 0.25) is 5.02 Å². The fourth-order valence-electron chi connectivity index (χ4n) is 1.93. The molecule has 0 aromatic heterocycles. The molecule has 0 spiro atoms. The van der Waals surface area contributed by atoms with E-state index in [4.69, 9.17) is 11.6 Å². The normalized spacial score (nSPS) is 15.9. The summed E-state index contributed by atoms with van der Waals surface area (Å²) < 4.78 is 0. The Morgan fingerprint density at radius 2 is 1.89 bits per heavy atom. The minimum Gasteiger partial charge on any atom is -0.335 e. The lowest BCUT2D eigenvalue weighted by Gasteiger charge is -2.18. The van der Waals surface area contributed by atoms with Gasteiger partial charge < -0.3 is 5.32 Å². The number of halogens is 1. The highest BCUT2D eigenvalue weighted by molar-refractivity contribution is 8.13. The van der Waals surface area contributed by atoms with E-state index in [0.29, 0.717) is 6.54 Å². The Morgan fingerprint density at radius 1 is 1.11 bits per heavy atom. The second kappa shape index (κ2) is 5.68. The molecule has 1 N–H and O–H groups in total. The molecule has 0 saturated heterocycles. The van der Waals surface area contributed by atoms with Crippen LogP contribution in [0.25, 0.3) is 0 Å². The van der Waals surface area contributed by atoms with Gasteiger partial charge in [0.05, 0.1) is 6.54 Å². The van der Waals surface area contributed by atoms with Crippen LogP contribution in [0.15, 0.2) is 53.5 Å². The molecule has 0 saturated carbocycles.